The van der Waals surface area contributed by atoms with E-state index in [-0.39, 0.29) is 36.2 Å². The lowest BCUT2D eigenvalue weighted by Crippen LogP contribution is -2.34. The molecule has 0 atom stereocenters. The quantitative estimate of drug-likeness (QED) is 0.503. The fourth-order valence-corrected chi connectivity index (χ4v) is 3.13. The van der Waals surface area contributed by atoms with Gasteiger partial charge in [0.2, 0.25) is 15.9 Å². The van der Waals surface area contributed by atoms with Crippen molar-refractivity contribution >= 4 is 28.3 Å². The van der Waals surface area contributed by atoms with E-state index in [9.17, 15) is 13.2 Å². The minimum atomic E-state index is -3.57. The predicted octanol–water partition coefficient (Wildman–Crippen LogP) is 2.02. The first-order valence-electron chi connectivity index (χ1n) is 8.44. The number of rotatable bonds is 11. The average molecular weight is 392 g/mol. The molecule has 0 saturated carbocycles. The van der Waals surface area contributed by atoms with Gasteiger partial charge in [0.05, 0.1) is 4.90 Å². The van der Waals surface area contributed by atoms with E-state index in [2.05, 4.69) is 36.1 Å². The predicted molar refractivity (Wildman–Crippen MR) is 104 cm³/mol. The Morgan fingerprint density at radius 1 is 1.04 bits per heavy atom. The second-order valence-corrected chi connectivity index (χ2v) is 7.74. The van der Waals surface area contributed by atoms with Crippen LogP contribution in [0.1, 0.15) is 45.1 Å². The molecule has 0 heterocycles. The van der Waals surface area contributed by atoms with Crippen LogP contribution in [-0.4, -0.2) is 40.5 Å². The molecule has 1 aromatic carbocycles. The van der Waals surface area contributed by atoms with Crippen molar-refractivity contribution in [3.8, 4) is 0 Å². The van der Waals surface area contributed by atoms with Gasteiger partial charge in [-0.1, -0.05) is 32.9 Å². The molecule has 0 saturated heterocycles. The fourth-order valence-electron chi connectivity index (χ4n) is 2.09. The van der Waals surface area contributed by atoms with Crippen LogP contribution in [-0.2, 0) is 14.8 Å². The molecule has 0 aliphatic rings. The first-order chi connectivity index (χ1) is 11.4. The maximum atomic E-state index is 12.2. The van der Waals surface area contributed by atoms with E-state index in [1.807, 2.05) is 12.1 Å². The molecule has 1 amide bonds. The number of sulfonamides is 1. The van der Waals surface area contributed by atoms with Gasteiger partial charge in [0.25, 0.3) is 0 Å². The lowest BCUT2D eigenvalue weighted by Gasteiger charge is -2.09. The zero-order valence-electron chi connectivity index (χ0n) is 15.2. The monoisotopic (exact) mass is 391 g/mol. The lowest BCUT2D eigenvalue weighted by molar-refractivity contribution is -0.120. The summed E-state index contributed by atoms with van der Waals surface area (Å²) in [6, 6.07) is 6.82. The molecule has 0 fully saturated rings. The van der Waals surface area contributed by atoms with Gasteiger partial charge in [0.1, 0.15) is 0 Å². The van der Waals surface area contributed by atoms with E-state index in [1.165, 1.54) is 0 Å². The normalized spacial score (nSPS) is 11.2. The summed E-state index contributed by atoms with van der Waals surface area (Å²) in [5.74, 6) is 0.191. The number of hydrogen-bond acceptors (Lipinski definition) is 4. The molecule has 0 unspecified atom stereocenters. The summed E-state index contributed by atoms with van der Waals surface area (Å²) in [6.45, 7) is 8.45. The third-order valence-corrected chi connectivity index (χ3v) is 5.03. The first kappa shape index (κ1) is 23.9. The molecule has 0 aliphatic heterocycles. The number of carbonyl (C=O) groups excluding carboxylic acids is 1. The van der Waals surface area contributed by atoms with Crippen LogP contribution in [0.4, 0.5) is 0 Å². The molecule has 0 aromatic heterocycles. The number of amides is 1. The molecule has 0 radical (unpaired) electrons. The third kappa shape index (κ3) is 9.21. The Morgan fingerprint density at radius 3 is 2.24 bits per heavy atom. The molecular formula is C17H30ClN3O3S. The molecule has 25 heavy (non-hydrogen) atoms. The number of benzene rings is 1. The van der Waals surface area contributed by atoms with Crippen LogP contribution < -0.4 is 15.4 Å². The van der Waals surface area contributed by atoms with Crippen molar-refractivity contribution in [1.29, 1.82) is 0 Å². The van der Waals surface area contributed by atoms with Gasteiger partial charge in [-0.05, 0) is 36.6 Å². The Labute approximate surface area is 157 Å². The Morgan fingerprint density at radius 2 is 1.68 bits per heavy atom. The van der Waals surface area contributed by atoms with Gasteiger partial charge in [-0.15, -0.1) is 12.4 Å². The average Bonchev–Trinajstić information content (AvgIpc) is 2.54. The van der Waals surface area contributed by atoms with Crippen LogP contribution in [0, 0.1) is 0 Å². The van der Waals surface area contributed by atoms with Gasteiger partial charge in [-0.2, -0.15) is 0 Å². The minimum absolute atomic E-state index is 0. The van der Waals surface area contributed by atoms with E-state index in [1.54, 1.807) is 12.1 Å². The maximum absolute atomic E-state index is 12.2. The Kier molecular flexibility index (Phi) is 11.7. The largest absolute Gasteiger partial charge is 0.355 e. The number of hydrogen-bond donors (Lipinski definition) is 3. The van der Waals surface area contributed by atoms with E-state index >= 15 is 0 Å². The summed E-state index contributed by atoms with van der Waals surface area (Å²) in [4.78, 5) is 11.9. The molecule has 1 rings (SSSR count). The standard InChI is InChI=1S/C17H29N3O3S.ClH/c1-4-10-18-12-13-19-17(21)9-11-20-24(22,23)16-7-5-15(6-8-16)14(2)3;/h5-8,14,18,20H,4,9-13H2,1-3H3,(H,19,21);1H. The highest BCUT2D eigenvalue weighted by molar-refractivity contribution is 7.89. The number of halogens is 1. The maximum Gasteiger partial charge on any atom is 0.240 e. The van der Waals surface area contributed by atoms with Gasteiger partial charge in [-0.3, -0.25) is 4.79 Å². The number of carbonyl (C=O) groups is 1. The first-order valence-corrected chi connectivity index (χ1v) is 9.92. The highest BCUT2D eigenvalue weighted by Crippen LogP contribution is 2.17. The van der Waals surface area contributed by atoms with Crippen LogP contribution in [0.25, 0.3) is 0 Å². The third-order valence-electron chi connectivity index (χ3n) is 3.55. The van der Waals surface area contributed by atoms with Crippen molar-refractivity contribution < 1.29 is 13.2 Å². The molecule has 0 spiro atoms. The van der Waals surface area contributed by atoms with Crippen molar-refractivity contribution in [3.05, 3.63) is 29.8 Å². The van der Waals surface area contributed by atoms with Crippen molar-refractivity contribution in [2.24, 2.45) is 0 Å². The summed E-state index contributed by atoms with van der Waals surface area (Å²) in [7, 11) is -3.57. The fraction of sp³-hybridized carbons (Fsp3) is 0.588. The smallest absolute Gasteiger partial charge is 0.240 e. The Hall–Kier alpha value is -1.15. The zero-order valence-corrected chi connectivity index (χ0v) is 16.8. The molecule has 0 aliphatic carbocycles. The second kappa shape index (κ2) is 12.2. The van der Waals surface area contributed by atoms with Gasteiger partial charge in [0, 0.05) is 26.1 Å². The molecule has 144 valence electrons. The van der Waals surface area contributed by atoms with E-state index in [0.717, 1.165) is 18.5 Å². The molecule has 1 aromatic rings. The SMILES string of the molecule is CCCNCCNC(=O)CCNS(=O)(=O)c1ccc(C(C)C)cc1.Cl. The molecular weight excluding hydrogens is 362 g/mol. The van der Waals surface area contributed by atoms with Crippen molar-refractivity contribution in [2.45, 2.75) is 44.4 Å². The van der Waals surface area contributed by atoms with Crippen LogP contribution >= 0.6 is 12.4 Å². The Balaban J connectivity index is 0.00000576. The molecule has 0 bridgehead atoms. The van der Waals surface area contributed by atoms with Crippen LogP contribution in [0.5, 0.6) is 0 Å². The van der Waals surface area contributed by atoms with Gasteiger partial charge in [0.15, 0.2) is 0 Å². The molecule has 3 N–H and O–H groups in total. The van der Waals surface area contributed by atoms with Gasteiger partial charge in [-0.25, -0.2) is 13.1 Å². The van der Waals surface area contributed by atoms with E-state index in [4.69, 9.17) is 0 Å². The summed E-state index contributed by atoms with van der Waals surface area (Å²) in [5.41, 5.74) is 1.09. The summed E-state index contributed by atoms with van der Waals surface area (Å²) >= 11 is 0. The van der Waals surface area contributed by atoms with Gasteiger partial charge < -0.3 is 10.6 Å². The van der Waals surface area contributed by atoms with Crippen LogP contribution in [0.3, 0.4) is 0 Å². The van der Waals surface area contributed by atoms with Crippen molar-refractivity contribution in [2.75, 3.05) is 26.2 Å². The molecule has 8 heteroatoms. The van der Waals surface area contributed by atoms with Crippen LogP contribution in [0.2, 0.25) is 0 Å². The Bertz CT molecular complexity index is 604. The number of nitrogens with one attached hydrogen (secondary N) is 3. The summed E-state index contributed by atoms with van der Waals surface area (Å²) < 4.78 is 26.8. The van der Waals surface area contributed by atoms with Crippen molar-refractivity contribution in [3.63, 3.8) is 0 Å². The zero-order chi connectivity index (χ0) is 18.0. The second-order valence-electron chi connectivity index (χ2n) is 5.97. The van der Waals surface area contributed by atoms with Crippen molar-refractivity contribution in [1.82, 2.24) is 15.4 Å². The van der Waals surface area contributed by atoms with E-state index in [0.29, 0.717) is 19.0 Å². The van der Waals surface area contributed by atoms with Gasteiger partial charge >= 0.3 is 0 Å². The highest BCUT2D eigenvalue weighted by atomic mass is 35.5. The lowest BCUT2D eigenvalue weighted by atomic mass is 10.0. The highest BCUT2D eigenvalue weighted by Gasteiger charge is 2.14. The minimum Gasteiger partial charge on any atom is -0.355 e. The summed E-state index contributed by atoms with van der Waals surface area (Å²) in [5, 5.41) is 5.93. The summed E-state index contributed by atoms with van der Waals surface area (Å²) in [6.07, 6.45) is 1.17. The molecule has 6 nitrogen and oxygen atoms in total. The van der Waals surface area contributed by atoms with E-state index < -0.39 is 10.0 Å². The van der Waals surface area contributed by atoms with Crippen LogP contribution in [0.15, 0.2) is 29.2 Å². The topological polar surface area (TPSA) is 87.3 Å².